The number of esters is 1. The highest BCUT2D eigenvalue weighted by Gasteiger charge is 2.24. The van der Waals surface area contributed by atoms with Crippen molar-refractivity contribution in [2.75, 3.05) is 26.2 Å². The molecule has 8 nitrogen and oxygen atoms in total. The molecule has 0 aliphatic carbocycles. The van der Waals surface area contributed by atoms with Gasteiger partial charge in [-0.15, -0.1) is 0 Å². The first-order valence-electron chi connectivity index (χ1n) is 16.5. The van der Waals surface area contributed by atoms with E-state index in [9.17, 15) is 14.4 Å². The van der Waals surface area contributed by atoms with Gasteiger partial charge in [-0.1, -0.05) is 91.0 Å². The van der Waals surface area contributed by atoms with Crippen LogP contribution in [-0.2, 0) is 22.6 Å². The standard InChI is InChI=1S/C39H41N3O5/c43-37-34-20-10-11-21-35(34)41(39(45)42(37)28-29-46-38(44)32-18-8-3-9-19-32)25-13-12-24-40-26-22-33(23-27-40)47-36(30-14-4-1-5-15-30)31-16-6-2-7-17-31/h1-11,14-21,33,36H,12-13,22-29H2. The molecule has 0 radical (unpaired) electrons. The van der Waals surface area contributed by atoms with Crippen molar-refractivity contribution < 1.29 is 14.3 Å². The highest BCUT2D eigenvalue weighted by atomic mass is 16.5. The van der Waals surface area contributed by atoms with Crippen LogP contribution in [0.4, 0.5) is 0 Å². The number of para-hydroxylation sites is 1. The third kappa shape index (κ3) is 7.96. The van der Waals surface area contributed by atoms with Gasteiger partial charge in [-0.05, 0) is 67.6 Å². The second kappa shape index (κ2) is 15.7. The van der Waals surface area contributed by atoms with E-state index in [0.717, 1.165) is 45.3 Å². The lowest BCUT2D eigenvalue weighted by atomic mass is 10.00. The van der Waals surface area contributed by atoms with Crippen LogP contribution < -0.4 is 11.2 Å². The van der Waals surface area contributed by atoms with E-state index in [-0.39, 0.29) is 36.6 Å². The Morgan fingerprint density at radius 2 is 1.26 bits per heavy atom. The van der Waals surface area contributed by atoms with Gasteiger partial charge in [0.2, 0.25) is 0 Å². The third-order valence-electron chi connectivity index (χ3n) is 8.86. The molecule has 1 aliphatic heterocycles. The summed E-state index contributed by atoms with van der Waals surface area (Å²) in [6.07, 6.45) is 3.78. The smallest absolute Gasteiger partial charge is 0.338 e. The number of benzene rings is 4. The number of unbranched alkanes of at least 4 members (excludes halogenated alkanes) is 1. The number of fused-ring (bicyclic) bond motifs is 1. The van der Waals surface area contributed by atoms with Crippen molar-refractivity contribution in [1.82, 2.24) is 14.0 Å². The Labute approximate surface area is 274 Å². The molecular formula is C39H41N3O5. The molecule has 8 heteroatoms. The number of hydrogen-bond donors (Lipinski definition) is 0. The second-order valence-corrected chi connectivity index (χ2v) is 12.0. The van der Waals surface area contributed by atoms with E-state index in [1.54, 1.807) is 41.0 Å². The lowest BCUT2D eigenvalue weighted by Crippen LogP contribution is -2.41. The zero-order chi connectivity index (χ0) is 32.4. The van der Waals surface area contributed by atoms with E-state index >= 15 is 0 Å². The van der Waals surface area contributed by atoms with Crippen LogP contribution in [0.1, 0.15) is 53.3 Å². The minimum absolute atomic E-state index is 0.00646. The lowest BCUT2D eigenvalue weighted by Gasteiger charge is -2.34. The van der Waals surface area contributed by atoms with Crippen LogP contribution >= 0.6 is 0 Å². The maximum Gasteiger partial charge on any atom is 0.338 e. The van der Waals surface area contributed by atoms with Crippen LogP contribution in [0.15, 0.2) is 125 Å². The molecule has 2 heterocycles. The number of rotatable bonds is 13. The first kappa shape index (κ1) is 32.2. The van der Waals surface area contributed by atoms with E-state index in [0.29, 0.717) is 23.0 Å². The number of carbonyl (C=O) groups is 1. The molecule has 1 saturated heterocycles. The number of likely N-dealkylation sites (tertiary alicyclic amines) is 1. The Balaban J connectivity index is 1.03. The zero-order valence-electron chi connectivity index (χ0n) is 26.6. The summed E-state index contributed by atoms with van der Waals surface area (Å²) in [6.45, 7) is 3.30. The maximum absolute atomic E-state index is 13.5. The summed E-state index contributed by atoms with van der Waals surface area (Å²) in [5.41, 5.74) is 2.64. The molecule has 4 aromatic carbocycles. The van der Waals surface area contributed by atoms with Crippen molar-refractivity contribution in [2.24, 2.45) is 0 Å². The molecule has 1 aliphatic rings. The van der Waals surface area contributed by atoms with Gasteiger partial charge in [0.15, 0.2) is 0 Å². The highest BCUT2D eigenvalue weighted by molar-refractivity contribution is 5.89. The van der Waals surface area contributed by atoms with Crippen LogP contribution in [0, 0.1) is 0 Å². The summed E-state index contributed by atoms with van der Waals surface area (Å²) < 4.78 is 15.0. The Hall–Kier alpha value is -4.79. The fraction of sp³-hybridized carbons (Fsp3) is 0.308. The van der Waals surface area contributed by atoms with Gasteiger partial charge in [0, 0.05) is 19.6 Å². The van der Waals surface area contributed by atoms with Crippen molar-refractivity contribution in [3.63, 3.8) is 0 Å². The number of aryl methyl sites for hydroxylation is 1. The van der Waals surface area contributed by atoms with Crippen LogP contribution in [0.25, 0.3) is 10.9 Å². The van der Waals surface area contributed by atoms with Gasteiger partial charge in [-0.2, -0.15) is 0 Å². The number of carbonyl (C=O) groups excluding carboxylic acids is 1. The highest BCUT2D eigenvalue weighted by Crippen LogP contribution is 2.30. The van der Waals surface area contributed by atoms with Crippen LogP contribution in [0.2, 0.25) is 0 Å². The van der Waals surface area contributed by atoms with Crippen molar-refractivity contribution in [2.45, 2.75) is 51.0 Å². The molecule has 0 unspecified atom stereocenters. The fourth-order valence-corrected chi connectivity index (χ4v) is 6.34. The van der Waals surface area contributed by atoms with Crippen molar-refractivity contribution in [3.05, 3.63) is 153 Å². The Morgan fingerprint density at radius 3 is 1.91 bits per heavy atom. The predicted molar refractivity (Wildman–Crippen MR) is 184 cm³/mol. The largest absolute Gasteiger partial charge is 0.460 e. The van der Waals surface area contributed by atoms with Gasteiger partial charge in [0.05, 0.1) is 29.1 Å². The SMILES string of the molecule is O=C(OCCn1c(=O)c2ccccc2n(CCCCN2CCC(OC(c3ccccc3)c3ccccc3)CC2)c1=O)c1ccccc1. The predicted octanol–water partition coefficient (Wildman–Crippen LogP) is 6.07. The van der Waals surface area contributed by atoms with Crippen LogP contribution in [0.5, 0.6) is 0 Å². The normalized spacial score (nSPS) is 14.1. The van der Waals surface area contributed by atoms with Gasteiger partial charge < -0.3 is 14.4 Å². The molecule has 242 valence electrons. The summed E-state index contributed by atoms with van der Waals surface area (Å²) >= 11 is 0. The van der Waals surface area contributed by atoms with E-state index in [1.807, 2.05) is 30.3 Å². The average Bonchev–Trinajstić information content (AvgIpc) is 3.13. The van der Waals surface area contributed by atoms with Crippen molar-refractivity contribution in [1.29, 1.82) is 0 Å². The van der Waals surface area contributed by atoms with Gasteiger partial charge in [0.1, 0.15) is 12.7 Å². The molecule has 0 N–H and O–H groups in total. The average molecular weight is 632 g/mol. The first-order valence-corrected chi connectivity index (χ1v) is 16.5. The van der Waals surface area contributed by atoms with Gasteiger partial charge >= 0.3 is 11.7 Å². The summed E-state index contributed by atoms with van der Waals surface area (Å²) in [4.78, 5) is 41.6. The van der Waals surface area contributed by atoms with E-state index in [2.05, 4.69) is 53.4 Å². The van der Waals surface area contributed by atoms with Gasteiger partial charge in [-0.3, -0.25) is 13.9 Å². The molecule has 6 rings (SSSR count). The summed E-state index contributed by atoms with van der Waals surface area (Å²) in [6, 6.07) is 36.7. The van der Waals surface area contributed by atoms with E-state index < -0.39 is 5.97 Å². The first-order chi connectivity index (χ1) is 23.1. The second-order valence-electron chi connectivity index (χ2n) is 12.0. The summed E-state index contributed by atoms with van der Waals surface area (Å²) in [5, 5.41) is 0.480. The minimum Gasteiger partial charge on any atom is -0.460 e. The molecule has 1 fully saturated rings. The topological polar surface area (TPSA) is 82.8 Å². The number of piperidine rings is 1. The lowest BCUT2D eigenvalue weighted by molar-refractivity contribution is -0.0271. The van der Waals surface area contributed by atoms with E-state index in [4.69, 9.17) is 9.47 Å². The number of ether oxygens (including phenoxy) is 2. The van der Waals surface area contributed by atoms with Crippen LogP contribution in [-0.4, -0.2) is 52.3 Å². The quantitative estimate of drug-likeness (QED) is 0.116. The Kier molecular flexibility index (Phi) is 10.7. The summed E-state index contributed by atoms with van der Waals surface area (Å²) in [7, 11) is 0. The third-order valence-corrected chi connectivity index (χ3v) is 8.86. The minimum atomic E-state index is -0.484. The summed E-state index contributed by atoms with van der Waals surface area (Å²) in [5.74, 6) is -0.484. The number of hydrogen-bond acceptors (Lipinski definition) is 6. The van der Waals surface area contributed by atoms with Crippen molar-refractivity contribution in [3.8, 4) is 0 Å². The maximum atomic E-state index is 13.5. The molecule has 5 aromatic rings. The fourth-order valence-electron chi connectivity index (χ4n) is 6.34. The number of aromatic nitrogens is 2. The molecule has 1 aromatic heterocycles. The molecular weight excluding hydrogens is 590 g/mol. The molecule has 0 atom stereocenters. The Bertz CT molecular complexity index is 1820. The zero-order valence-corrected chi connectivity index (χ0v) is 26.6. The molecule has 47 heavy (non-hydrogen) atoms. The van der Waals surface area contributed by atoms with Crippen molar-refractivity contribution >= 4 is 16.9 Å². The van der Waals surface area contributed by atoms with E-state index in [1.165, 1.54) is 15.7 Å². The molecule has 0 bridgehead atoms. The number of nitrogens with zero attached hydrogens (tertiary/aromatic N) is 3. The Morgan fingerprint density at radius 1 is 0.681 bits per heavy atom. The molecule has 0 saturated carbocycles. The molecule has 0 spiro atoms. The van der Waals surface area contributed by atoms with Gasteiger partial charge in [0.25, 0.3) is 5.56 Å². The molecule has 0 amide bonds. The van der Waals surface area contributed by atoms with Gasteiger partial charge in [-0.25, -0.2) is 9.59 Å². The monoisotopic (exact) mass is 631 g/mol. The van der Waals surface area contributed by atoms with Crippen LogP contribution in [0.3, 0.4) is 0 Å².